The summed E-state index contributed by atoms with van der Waals surface area (Å²) in [5.74, 6) is -0.372. The normalized spacial score (nSPS) is 13.5. The molecule has 0 unspecified atom stereocenters. The summed E-state index contributed by atoms with van der Waals surface area (Å²) in [6, 6.07) is 2.87. The Morgan fingerprint density at radius 1 is 1.27 bits per heavy atom. The zero-order valence-electron chi connectivity index (χ0n) is 11.6. The summed E-state index contributed by atoms with van der Waals surface area (Å²) in [4.78, 5) is 15.4. The van der Waals surface area contributed by atoms with Gasteiger partial charge in [0.15, 0.2) is 17.2 Å². The maximum atomic E-state index is 13.2. The maximum Gasteiger partial charge on any atom is 0.434 e. The van der Waals surface area contributed by atoms with Gasteiger partial charge >= 0.3 is 12.1 Å². The van der Waals surface area contributed by atoms with E-state index in [-0.39, 0.29) is 17.9 Å². The first-order chi connectivity index (χ1) is 10.3. The number of aryl methyl sites for hydroxylation is 1. The van der Waals surface area contributed by atoms with E-state index < -0.39 is 23.4 Å². The zero-order chi connectivity index (χ0) is 16.1. The predicted octanol–water partition coefficient (Wildman–Crippen LogP) is 3.08. The second-order valence-corrected chi connectivity index (χ2v) is 4.67. The lowest BCUT2D eigenvalue weighted by molar-refractivity contribution is -0.141. The van der Waals surface area contributed by atoms with E-state index in [4.69, 9.17) is 9.47 Å². The van der Waals surface area contributed by atoms with E-state index in [9.17, 15) is 18.0 Å². The highest BCUT2D eigenvalue weighted by Crippen LogP contribution is 2.40. The second kappa shape index (κ2) is 4.75. The molecule has 2 aromatic rings. The molecule has 0 atom stereocenters. The van der Waals surface area contributed by atoms with Gasteiger partial charge in [-0.25, -0.2) is 9.78 Å². The Morgan fingerprint density at radius 2 is 1.91 bits per heavy atom. The van der Waals surface area contributed by atoms with Crippen LogP contribution in [-0.4, -0.2) is 24.9 Å². The number of carbonyl (C=O) groups is 1. The number of rotatable bonds is 1. The highest BCUT2D eigenvalue weighted by atomic mass is 19.4. The third kappa shape index (κ3) is 2.11. The number of alkyl halides is 3. The fourth-order valence-electron chi connectivity index (χ4n) is 2.37. The van der Waals surface area contributed by atoms with Gasteiger partial charge in [0.1, 0.15) is 0 Å². The fourth-order valence-corrected chi connectivity index (χ4v) is 2.37. The van der Waals surface area contributed by atoms with Crippen LogP contribution in [0.4, 0.5) is 13.2 Å². The molecule has 0 radical (unpaired) electrons. The lowest BCUT2D eigenvalue weighted by Crippen LogP contribution is -2.18. The first kappa shape index (κ1) is 14.4. The number of fused-ring (bicyclic) bond motifs is 2. The van der Waals surface area contributed by atoms with Crippen molar-refractivity contribution in [2.75, 3.05) is 13.9 Å². The van der Waals surface area contributed by atoms with Crippen LogP contribution in [0.5, 0.6) is 11.5 Å². The van der Waals surface area contributed by atoms with Gasteiger partial charge in [0.05, 0.1) is 18.2 Å². The van der Waals surface area contributed by atoms with Gasteiger partial charge in [-0.05, 0) is 18.6 Å². The number of hydrogen-bond acceptors (Lipinski definition) is 5. The van der Waals surface area contributed by atoms with E-state index in [2.05, 4.69) is 9.72 Å². The lowest BCUT2D eigenvalue weighted by atomic mass is 10.0. The molecule has 116 valence electrons. The quantitative estimate of drug-likeness (QED) is 0.757. The molecule has 0 aliphatic carbocycles. The topological polar surface area (TPSA) is 57.7 Å². The van der Waals surface area contributed by atoms with Crippen LogP contribution in [0.2, 0.25) is 0 Å². The summed E-state index contributed by atoms with van der Waals surface area (Å²) in [7, 11) is 1.02. The number of ether oxygens (including phenoxy) is 3. The highest BCUT2D eigenvalue weighted by molar-refractivity contribution is 5.99. The number of hydrogen-bond donors (Lipinski definition) is 0. The average Bonchev–Trinajstić information content (AvgIpc) is 2.90. The van der Waals surface area contributed by atoms with E-state index in [0.717, 1.165) is 7.11 Å². The van der Waals surface area contributed by atoms with Crippen LogP contribution in [0, 0.1) is 6.92 Å². The summed E-state index contributed by atoms with van der Waals surface area (Å²) in [6.07, 6.45) is -4.78. The van der Waals surface area contributed by atoms with Crippen molar-refractivity contribution in [3.05, 3.63) is 29.0 Å². The number of halogens is 3. The maximum absolute atomic E-state index is 13.2. The Morgan fingerprint density at radius 3 is 2.50 bits per heavy atom. The van der Waals surface area contributed by atoms with Crippen molar-refractivity contribution >= 4 is 16.9 Å². The predicted molar refractivity (Wildman–Crippen MR) is 68.9 cm³/mol. The molecule has 1 aliphatic rings. The average molecular weight is 313 g/mol. The lowest BCUT2D eigenvalue weighted by Gasteiger charge is -2.15. The molecular weight excluding hydrogens is 303 g/mol. The van der Waals surface area contributed by atoms with Gasteiger partial charge in [0.25, 0.3) is 0 Å². The molecular formula is C14H10F3NO4. The van der Waals surface area contributed by atoms with Crippen LogP contribution in [0.3, 0.4) is 0 Å². The van der Waals surface area contributed by atoms with Gasteiger partial charge in [0.2, 0.25) is 6.79 Å². The molecule has 0 amide bonds. The van der Waals surface area contributed by atoms with E-state index in [0.29, 0.717) is 16.9 Å². The van der Waals surface area contributed by atoms with Gasteiger partial charge in [-0.2, -0.15) is 13.2 Å². The molecule has 22 heavy (non-hydrogen) atoms. The number of esters is 1. The zero-order valence-corrected chi connectivity index (χ0v) is 11.6. The molecule has 1 aromatic heterocycles. The molecule has 0 saturated heterocycles. The van der Waals surface area contributed by atoms with Crippen molar-refractivity contribution < 1.29 is 32.2 Å². The molecule has 8 heteroatoms. The first-order valence-corrected chi connectivity index (χ1v) is 6.22. The minimum Gasteiger partial charge on any atom is -0.465 e. The van der Waals surface area contributed by atoms with Crippen molar-refractivity contribution in [2.24, 2.45) is 0 Å². The Bertz CT molecular complexity index is 786. The van der Waals surface area contributed by atoms with Crippen LogP contribution in [0.25, 0.3) is 10.9 Å². The van der Waals surface area contributed by atoms with Crippen LogP contribution in [-0.2, 0) is 10.9 Å². The van der Waals surface area contributed by atoms with Crippen LogP contribution < -0.4 is 9.47 Å². The summed E-state index contributed by atoms with van der Waals surface area (Å²) < 4.78 is 54.4. The molecule has 5 nitrogen and oxygen atoms in total. The summed E-state index contributed by atoms with van der Waals surface area (Å²) in [5.41, 5.74) is -1.67. The molecule has 0 bridgehead atoms. The van der Waals surface area contributed by atoms with Gasteiger partial charge in [0, 0.05) is 11.5 Å². The van der Waals surface area contributed by atoms with Crippen molar-refractivity contribution in [3.63, 3.8) is 0 Å². The Labute approximate surface area is 122 Å². The minimum atomic E-state index is -4.78. The van der Waals surface area contributed by atoms with Gasteiger partial charge < -0.3 is 14.2 Å². The van der Waals surface area contributed by atoms with Gasteiger partial charge in [-0.1, -0.05) is 0 Å². The van der Waals surface area contributed by atoms with E-state index in [1.165, 1.54) is 19.1 Å². The Balaban J connectivity index is 2.38. The smallest absolute Gasteiger partial charge is 0.434 e. The standard InChI is InChI=1S/C14H10F3NO4/c1-6-7-3-9-10(22-5-21-9)4-8(7)18-12(14(15,16)17)11(6)13(19)20-2/h3-4H,5H2,1-2H3. The highest BCUT2D eigenvalue weighted by Gasteiger charge is 2.39. The van der Waals surface area contributed by atoms with Crippen LogP contribution >= 0.6 is 0 Å². The molecule has 0 fully saturated rings. The third-order valence-electron chi connectivity index (χ3n) is 3.40. The number of aromatic nitrogens is 1. The summed E-state index contributed by atoms with van der Waals surface area (Å²) in [5, 5.41) is 0.373. The Kier molecular flexibility index (Phi) is 3.12. The molecule has 0 spiro atoms. The van der Waals surface area contributed by atoms with Crippen molar-refractivity contribution in [3.8, 4) is 11.5 Å². The van der Waals surface area contributed by atoms with Crippen LogP contribution in [0.1, 0.15) is 21.6 Å². The SMILES string of the molecule is COC(=O)c1c(C(F)(F)F)nc2cc3c(cc2c1C)OCO3. The van der Waals surface area contributed by atoms with E-state index >= 15 is 0 Å². The molecule has 2 heterocycles. The number of benzene rings is 1. The molecule has 0 saturated carbocycles. The van der Waals surface area contributed by atoms with Gasteiger partial charge in [-0.3, -0.25) is 0 Å². The monoisotopic (exact) mass is 313 g/mol. The molecule has 1 aliphatic heterocycles. The third-order valence-corrected chi connectivity index (χ3v) is 3.40. The minimum absolute atomic E-state index is 0.0132. The number of carbonyl (C=O) groups excluding carboxylic acids is 1. The first-order valence-electron chi connectivity index (χ1n) is 6.22. The molecule has 1 aromatic carbocycles. The molecule has 0 N–H and O–H groups in total. The Hall–Kier alpha value is -2.51. The largest absolute Gasteiger partial charge is 0.465 e. The summed E-state index contributed by atoms with van der Waals surface area (Å²) >= 11 is 0. The van der Waals surface area contributed by atoms with Crippen molar-refractivity contribution in [1.82, 2.24) is 4.98 Å². The number of nitrogens with zero attached hydrogens (tertiary/aromatic N) is 1. The van der Waals surface area contributed by atoms with Crippen LogP contribution in [0.15, 0.2) is 12.1 Å². The van der Waals surface area contributed by atoms with Crippen molar-refractivity contribution in [1.29, 1.82) is 0 Å². The number of pyridine rings is 1. The fraction of sp³-hybridized carbons (Fsp3) is 0.286. The molecule has 3 rings (SSSR count). The van der Waals surface area contributed by atoms with E-state index in [1.807, 2.05) is 0 Å². The van der Waals surface area contributed by atoms with Crippen molar-refractivity contribution in [2.45, 2.75) is 13.1 Å². The summed E-state index contributed by atoms with van der Waals surface area (Å²) in [6.45, 7) is 1.40. The number of methoxy groups -OCH3 is 1. The van der Waals surface area contributed by atoms with Gasteiger partial charge in [-0.15, -0.1) is 0 Å². The van der Waals surface area contributed by atoms with E-state index in [1.54, 1.807) is 0 Å². The second-order valence-electron chi connectivity index (χ2n) is 4.67.